The average Bonchev–Trinajstić information content (AvgIpc) is 3.18. The second-order valence-corrected chi connectivity index (χ2v) is 13.5. The molecule has 5 rings (SSSR count). The first-order valence-electron chi connectivity index (χ1n) is 19.0. The van der Waals surface area contributed by atoms with Gasteiger partial charge in [-0.15, -0.1) is 0 Å². The number of nitrogens with zero attached hydrogens (tertiary/aromatic N) is 7. The quantitative estimate of drug-likeness (QED) is 0.0632. The minimum absolute atomic E-state index is 0.730. The fraction of sp³-hybridized carbons (Fsp3) is 0.333. The number of unbranched alkanes of at least 4 members (excludes halogenated alkanes) is 6. The third-order valence-electron chi connectivity index (χ3n) is 9.15. The van der Waals surface area contributed by atoms with Gasteiger partial charge in [-0.3, -0.25) is 0 Å². The highest BCUT2D eigenvalue weighted by Crippen LogP contribution is 2.31. The lowest BCUT2D eigenvalue weighted by molar-refractivity contribution is 0.309. The number of aryl methyl sites for hydroxylation is 2. The smallest absolute Gasteiger partial charge is 0.119 e. The molecule has 0 aliphatic carbocycles. The number of rotatable bonds is 19. The lowest BCUT2D eigenvalue weighted by Gasteiger charge is -2.19. The summed E-state index contributed by atoms with van der Waals surface area (Å²) >= 11 is 0. The van der Waals surface area contributed by atoms with Crippen molar-refractivity contribution in [3.63, 3.8) is 0 Å². The number of ether oxygens (including phenoxy) is 1. The summed E-state index contributed by atoms with van der Waals surface area (Å²) in [6.45, 7) is 10.3. The largest absolute Gasteiger partial charge is 0.494 e. The molecule has 0 N–H and O–H groups in total. The summed E-state index contributed by atoms with van der Waals surface area (Å²) < 4.78 is 5.74. The molecular formula is C45H53N7O. The van der Waals surface area contributed by atoms with E-state index >= 15 is 0 Å². The summed E-state index contributed by atoms with van der Waals surface area (Å²) in [6, 6.07) is 36.1. The van der Waals surface area contributed by atoms with Crippen LogP contribution in [0.15, 0.2) is 140 Å². The van der Waals surface area contributed by atoms with Crippen molar-refractivity contribution in [1.82, 2.24) is 0 Å². The molecule has 0 saturated carbocycles. The van der Waals surface area contributed by atoms with Crippen LogP contribution in [0.4, 0.5) is 39.8 Å². The molecule has 0 fully saturated rings. The summed E-state index contributed by atoms with van der Waals surface area (Å²) in [5.74, 6) is 0.855. The maximum Gasteiger partial charge on any atom is 0.119 e. The zero-order chi connectivity index (χ0) is 37.3. The molecule has 8 heteroatoms. The van der Waals surface area contributed by atoms with Crippen LogP contribution in [-0.4, -0.2) is 20.2 Å². The third-order valence-corrected chi connectivity index (χ3v) is 9.15. The molecule has 0 radical (unpaired) electrons. The molecule has 0 spiro atoms. The van der Waals surface area contributed by atoms with E-state index < -0.39 is 0 Å². The molecule has 0 bridgehead atoms. The zero-order valence-electron chi connectivity index (χ0n) is 32.0. The molecule has 8 nitrogen and oxygen atoms in total. The van der Waals surface area contributed by atoms with Crippen molar-refractivity contribution in [3.8, 4) is 16.9 Å². The predicted octanol–water partition coefficient (Wildman–Crippen LogP) is 15.2. The van der Waals surface area contributed by atoms with Gasteiger partial charge in [-0.2, -0.15) is 30.7 Å². The van der Waals surface area contributed by atoms with E-state index in [4.69, 9.17) is 4.74 Å². The molecular weight excluding hydrogens is 655 g/mol. The van der Waals surface area contributed by atoms with Gasteiger partial charge in [0, 0.05) is 19.3 Å². The molecule has 0 aromatic heterocycles. The number of hydrogen-bond donors (Lipinski definition) is 0. The highest BCUT2D eigenvalue weighted by molar-refractivity contribution is 5.69. The van der Waals surface area contributed by atoms with Crippen LogP contribution in [0.3, 0.4) is 0 Å². The van der Waals surface area contributed by atoms with E-state index in [1.807, 2.05) is 86.6 Å². The van der Waals surface area contributed by atoms with Crippen LogP contribution in [-0.2, 0) is 0 Å². The topological polar surface area (TPSA) is 86.6 Å². The van der Waals surface area contributed by atoms with E-state index in [9.17, 15) is 0 Å². The highest BCUT2D eigenvalue weighted by atomic mass is 16.5. The molecule has 274 valence electrons. The zero-order valence-corrected chi connectivity index (χ0v) is 32.0. The Labute approximate surface area is 315 Å². The average molecular weight is 708 g/mol. The molecule has 0 heterocycles. The van der Waals surface area contributed by atoms with E-state index in [0.29, 0.717) is 0 Å². The van der Waals surface area contributed by atoms with Gasteiger partial charge in [0.15, 0.2) is 0 Å². The molecule has 5 aromatic carbocycles. The van der Waals surface area contributed by atoms with Crippen molar-refractivity contribution >= 4 is 39.8 Å². The number of hydrogen-bond acceptors (Lipinski definition) is 8. The van der Waals surface area contributed by atoms with Gasteiger partial charge in [-0.05, 0) is 140 Å². The van der Waals surface area contributed by atoms with Crippen LogP contribution >= 0.6 is 0 Å². The van der Waals surface area contributed by atoms with Crippen LogP contribution in [0.1, 0.15) is 76.3 Å². The first-order chi connectivity index (χ1) is 25.9. The number of benzene rings is 5. The summed E-state index contributed by atoms with van der Waals surface area (Å²) in [4.78, 5) is 2.31. The first kappa shape index (κ1) is 38.7. The monoisotopic (exact) mass is 707 g/mol. The third kappa shape index (κ3) is 12.3. The van der Waals surface area contributed by atoms with E-state index in [2.05, 4.69) is 92.9 Å². The lowest BCUT2D eigenvalue weighted by Crippen LogP contribution is -2.18. The summed E-state index contributed by atoms with van der Waals surface area (Å²) in [6.07, 6.45) is 9.99. The second-order valence-electron chi connectivity index (χ2n) is 13.5. The van der Waals surface area contributed by atoms with Gasteiger partial charge < -0.3 is 9.64 Å². The minimum Gasteiger partial charge on any atom is -0.494 e. The lowest BCUT2D eigenvalue weighted by atomic mass is 10.0. The summed E-state index contributed by atoms with van der Waals surface area (Å²) in [7, 11) is 2.16. The molecule has 0 unspecified atom stereocenters. The normalized spacial score (nSPS) is 11.6. The predicted molar refractivity (Wildman–Crippen MR) is 220 cm³/mol. The molecule has 0 amide bonds. The van der Waals surface area contributed by atoms with Crippen molar-refractivity contribution in [1.29, 1.82) is 0 Å². The fourth-order valence-electron chi connectivity index (χ4n) is 5.80. The van der Waals surface area contributed by atoms with Crippen molar-refractivity contribution in [3.05, 3.63) is 120 Å². The standard InChI is InChI=1S/C45H53N7O/c1-6-8-10-11-12-13-30-52(5)42-24-19-39(20-25-42)47-51-45-29-23-41(33-35(45)4)49-46-38-17-14-36(15-18-38)37-16-28-44(34(3)32-37)50-48-40-21-26-43(27-22-40)53-31-9-7-2/h14-29,32-33H,6-13,30-31H2,1-5H3. The van der Waals surface area contributed by atoms with Crippen LogP contribution < -0.4 is 9.64 Å². The van der Waals surface area contributed by atoms with Crippen LogP contribution in [0, 0.1) is 13.8 Å². The summed E-state index contributed by atoms with van der Waals surface area (Å²) in [5.41, 5.74) is 10.2. The van der Waals surface area contributed by atoms with E-state index in [1.54, 1.807) is 0 Å². The second kappa shape index (κ2) is 20.5. The highest BCUT2D eigenvalue weighted by Gasteiger charge is 2.05. The molecule has 53 heavy (non-hydrogen) atoms. The molecule has 0 aliphatic rings. The number of azo groups is 3. The van der Waals surface area contributed by atoms with E-state index in [1.165, 1.54) is 44.2 Å². The van der Waals surface area contributed by atoms with Gasteiger partial charge in [0.05, 0.1) is 40.7 Å². The van der Waals surface area contributed by atoms with Crippen molar-refractivity contribution in [2.24, 2.45) is 30.7 Å². The molecule has 5 aromatic rings. The van der Waals surface area contributed by atoms with Gasteiger partial charge in [0.1, 0.15) is 5.75 Å². The van der Waals surface area contributed by atoms with E-state index in [-0.39, 0.29) is 0 Å². The van der Waals surface area contributed by atoms with Crippen LogP contribution in [0.2, 0.25) is 0 Å². The van der Waals surface area contributed by atoms with Crippen molar-refractivity contribution < 1.29 is 4.74 Å². The van der Waals surface area contributed by atoms with Crippen LogP contribution in [0.25, 0.3) is 11.1 Å². The Hall–Kier alpha value is -5.50. The minimum atomic E-state index is 0.730. The van der Waals surface area contributed by atoms with Gasteiger partial charge in [-0.25, -0.2) is 0 Å². The maximum absolute atomic E-state index is 5.74. The SMILES string of the molecule is CCCCCCCCN(C)c1ccc(N=Nc2ccc(N=Nc3ccc(-c4ccc(N=Nc5ccc(OCCCC)cc5)c(C)c4)cc3)cc2C)cc1. The fourth-order valence-corrected chi connectivity index (χ4v) is 5.80. The molecule has 0 aliphatic heterocycles. The number of anilines is 1. The Balaban J connectivity index is 1.12. The molecule has 0 saturated heterocycles. The summed E-state index contributed by atoms with van der Waals surface area (Å²) in [5, 5.41) is 26.8. The van der Waals surface area contributed by atoms with Gasteiger partial charge >= 0.3 is 0 Å². The Morgan fingerprint density at radius 3 is 1.58 bits per heavy atom. The Kier molecular flexibility index (Phi) is 15.0. The van der Waals surface area contributed by atoms with E-state index in [0.717, 1.165) is 88.1 Å². The maximum atomic E-state index is 5.74. The van der Waals surface area contributed by atoms with Crippen LogP contribution in [0.5, 0.6) is 5.75 Å². The Morgan fingerprint density at radius 1 is 0.472 bits per heavy atom. The van der Waals surface area contributed by atoms with Gasteiger partial charge in [0.2, 0.25) is 0 Å². The first-order valence-corrected chi connectivity index (χ1v) is 19.0. The van der Waals surface area contributed by atoms with Gasteiger partial charge in [-0.1, -0.05) is 70.6 Å². The Bertz CT molecular complexity index is 1950. The van der Waals surface area contributed by atoms with Gasteiger partial charge in [0.25, 0.3) is 0 Å². The Morgan fingerprint density at radius 2 is 0.962 bits per heavy atom. The molecule has 0 atom stereocenters. The van der Waals surface area contributed by atoms with Crippen molar-refractivity contribution in [2.75, 3.05) is 25.1 Å². The van der Waals surface area contributed by atoms with Crippen molar-refractivity contribution in [2.45, 2.75) is 79.1 Å².